The van der Waals surface area contributed by atoms with Crippen LogP contribution in [0.25, 0.3) is 0 Å². The Balaban J connectivity index is 2.08. The molecule has 3 rings (SSSR count). The van der Waals surface area contributed by atoms with E-state index < -0.39 is 0 Å². The standard InChI is InChI=1S/C15H22N4O/c1-9-6-10(2)19(8-9)15-12(14(16)18-20)7-11-4-3-5-13(11)17-15/h7,9-10,20H,3-6,8H2,1-2H3,(H2,16,18). The number of amidine groups is 1. The van der Waals surface area contributed by atoms with Crippen molar-refractivity contribution >= 4 is 11.7 Å². The summed E-state index contributed by atoms with van der Waals surface area (Å²) in [5, 5.41) is 12.2. The van der Waals surface area contributed by atoms with E-state index in [9.17, 15) is 0 Å². The highest BCUT2D eigenvalue weighted by atomic mass is 16.4. The Kier molecular flexibility index (Phi) is 3.28. The highest BCUT2D eigenvalue weighted by molar-refractivity contribution is 6.01. The summed E-state index contributed by atoms with van der Waals surface area (Å²) in [4.78, 5) is 7.15. The molecule has 5 heteroatoms. The lowest BCUT2D eigenvalue weighted by Gasteiger charge is -2.25. The van der Waals surface area contributed by atoms with E-state index in [0.717, 1.165) is 43.6 Å². The number of anilines is 1. The van der Waals surface area contributed by atoms with Crippen LogP contribution >= 0.6 is 0 Å². The SMILES string of the molecule is CC1CC(C)N(c2nc3c(cc2C(N)=NO)CCC3)C1. The predicted octanol–water partition coefficient (Wildman–Crippen LogP) is 1.90. The third-order valence-corrected chi connectivity index (χ3v) is 4.47. The Hall–Kier alpha value is -1.78. The molecule has 2 heterocycles. The fourth-order valence-corrected chi connectivity index (χ4v) is 3.52. The predicted molar refractivity (Wildman–Crippen MR) is 79.4 cm³/mol. The van der Waals surface area contributed by atoms with Gasteiger partial charge >= 0.3 is 0 Å². The number of rotatable bonds is 2. The van der Waals surface area contributed by atoms with Crippen molar-refractivity contribution in [3.8, 4) is 0 Å². The lowest BCUT2D eigenvalue weighted by molar-refractivity contribution is 0.318. The Labute approximate surface area is 119 Å². The zero-order valence-electron chi connectivity index (χ0n) is 12.1. The van der Waals surface area contributed by atoms with Gasteiger partial charge in [-0.1, -0.05) is 12.1 Å². The number of nitrogens with two attached hydrogens (primary N) is 1. The number of oxime groups is 1. The molecule has 3 N–H and O–H groups in total. The molecule has 1 aliphatic carbocycles. The molecule has 1 aliphatic heterocycles. The average Bonchev–Trinajstić information content (AvgIpc) is 3.01. The quantitative estimate of drug-likeness (QED) is 0.374. The van der Waals surface area contributed by atoms with E-state index in [-0.39, 0.29) is 5.84 Å². The van der Waals surface area contributed by atoms with Gasteiger partial charge in [-0.25, -0.2) is 4.98 Å². The van der Waals surface area contributed by atoms with Gasteiger partial charge in [0.25, 0.3) is 0 Å². The summed E-state index contributed by atoms with van der Waals surface area (Å²) in [6, 6.07) is 2.51. The van der Waals surface area contributed by atoms with Gasteiger partial charge in [-0.05, 0) is 50.2 Å². The van der Waals surface area contributed by atoms with Gasteiger partial charge in [-0.2, -0.15) is 0 Å². The van der Waals surface area contributed by atoms with E-state index >= 15 is 0 Å². The molecule has 2 unspecified atom stereocenters. The number of pyridine rings is 1. The molecular weight excluding hydrogens is 252 g/mol. The molecule has 0 amide bonds. The number of nitrogens with zero attached hydrogens (tertiary/aromatic N) is 3. The molecule has 0 aromatic carbocycles. The van der Waals surface area contributed by atoms with Crippen molar-refractivity contribution < 1.29 is 5.21 Å². The van der Waals surface area contributed by atoms with Crippen LogP contribution in [-0.4, -0.2) is 28.6 Å². The molecule has 1 saturated heterocycles. The minimum absolute atomic E-state index is 0.161. The fourth-order valence-electron chi connectivity index (χ4n) is 3.52. The van der Waals surface area contributed by atoms with Crippen molar-refractivity contribution in [2.45, 2.75) is 45.6 Å². The molecule has 0 radical (unpaired) electrons. The van der Waals surface area contributed by atoms with Gasteiger partial charge in [0.15, 0.2) is 5.84 Å². The van der Waals surface area contributed by atoms with Gasteiger partial charge in [-0.15, -0.1) is 0 Å². The van der Waals surface area contributed by atoms with E-state index in [1.54, 1.807) is 0 Å². The van der Waals surface area contributed by atoms with Crippen molar-refractivity contribution in [1.29, 1.82) is 0 Å². The van der Waals surface area contributed by atoms with Crippen molar-refractivity contribution in [1.82, 2.24) is 4.98 Å². The topological polar surface area (TPSA) is 74.7 Å². The maximum atomic E-state index is 9.04. The fraction of sp³-hybridized carbons (Fsp3) is 0.600. The van der Waals surface area contributed by atoms with Crippen LogP contribution in [0.5, 0.6) is 0 Å². The lowest BCUT2D eigenvalue weighted by Crippen LogP contribution is -2.31. The largest absolute Gasteiger partial charge is 0.409 e. The van der Waals surface area contributed by atoms with Gasteiger partial charge in [0.05, 0.1) is 5.56 Å². The molecule has 0 bridgehead atoms. The molecule has 1 aromatic rings. The number of hydrogen-bond acceptors (Lipinski definition) is 4. The van der Waals surface area contributed by atoms with Crippen LogP contribution in [0.4, 0.5) is 5.82 Å². The average molecular weight is 274 g/mol. The molecule has 1 fully saturated rings. The lowest BCUT2D eigenvalue weighted by atomic mass is 10.1. The van der Waals surface area contributed by atoms with Gasteiger partial charge in [0, 0.05) is 18.3 Å². The molecule has 0 saturated carbocycles. The summed E-state index contributed by atoms with van der Waals surface area (Å²) in [6.07, 6.45) is 4.39. The molecule has 2 aliphatic rings. The molecule has 108 valence electrons. The first-order chi connectivity index (χ1) is 9.60. The van der Waals surface area contributed by atoms with Crippen LogP contribution in [0.3, 0.4) is 0 Å². The molecule has 20 heavy (non-hydrogen) atoms. The zero-order chi connectivity index (χ0) is 14.3. The van der Waals surface area contributed by atoms with Gasteiger partial charge in [-0.3, -0.25) is 0 Å². The minimum Gasteiger partial charge on any atom is -0.409 e. The Morgan fingerprint density at radius 3 is 2.90 bits per heavy atom. The number of aryl methyl sites for hydroxylation is 2. The van der Waals surface area contributed by atoms with E-state index in [1.165, 1.54) is 11.3 Å². The molecular formula is C15H22N4O. The highest BCUT2D eigenvalue weighted by Gasteiger charge is 2.30. The maximum absolute atomic E-state index is 9.04. The first-order valence-electron chi connectivity index (χ1n) is 7.37. The maximum Gasteiger partial charge on any atom is 0.173 e. The van der Waals surface area contributed by atoms with E-state index in [1.807, 2.05) is 0 Å². The summed E-state index contributed by atoms with van der Waals surface area (Å²) in [5.41, 5.74) is 9.07. The van der Waals surface area contributed by atoms with Crippen LogP contribution in [0.2, 0.25) is 0 Å². The molecule has 5 nitrogen and oxygen atoms in total. The minimum atomic E-state index is 0.161. The van der Waals surface area contributed by atoms with Crippen LogP contribution in [0.15, 0.2) is 11.2 Å². The molecule has 2 atom stereocenters. The second-order valence-electron chi connectivity index (χ2n) is 6.15. The Bertz CT molecular complexity index is 555. The first kappa shape index (κ1) is 13.2. The molecule has 0 spiro atoms. The third kappa shape index (κ3) is 2.11. The molecule has 1 aromatic heterocycles. The monoisotopic (exact) mass is 274 g/mol. The number of hydrogen-bond donors (Lipinski definition) is 2. The Morgan fingerprint density at radius 2 is 2.25 bits per heavy atom. The Morgan fingerprint density at radius 1 is 1.45 bits per heavy atom. The summed E-state index contributed by atoms with van der Waals surface area (Å²) >= 11 is 0. The van der Waals surface area contributed by atoms with Crippen LogP contribution in [0, 0.1) is 5.92 Å². The second kappa shape index (κ2) is 4.96. The van der Waals surface area contributed by atoms with E-state index in [4.69, 9.17) is 15.9 Å². The van der Waals surface area contributed by atoms with Crippen molar-refractivity contribution in [2.24, 2.45) is 16.8 Å². The number of fused-ring (bicyclic) bond motifs is 1. The van der Waals surface area contributed by atoms with Crippen LogP contribution in [0.1, 0.15) is 43.5 Å². The van der Waals surface area contributed by atoms with Crippen molar-refractivity contribution in [3.05, 3.63) is 22.9 Å². The summed E-state index contributed by atoms with van der Waals surface area (Å²) < 4.78 is 0. The normalized spacial score (nSPS) is 26.1. The van der Waals surface area contributed by atoms with Gasteiger partial charge in [0.2, 0.25) is 0 Å². The zero-order valence-corrected chi connectivity index (χ0v) is 12.1. The van der Waals surface area contributed by atoms with Gasteiger partial charge < -0.3 is 15.8 Å². The third-order valence-electron chi connectivity index (χ3n) is 4.47. The highest BCUT2D eigenvalue weighted by Crippen LogP contribution is 2.33. The summed E-state index contributed by atoms with van der Waals surface area (Å²) in [6.45, 7) is 5.46. The van der Waals surface area contributed by atoms with Crippen LogP contribution in [-0.2, 0) is 12.8 Å². The summed E-state index contributed by atoms with van der Waals surface area (Å²) in [7, 11) is 0. The number of aromatic nitrogens is 1. The van der Waals surface area contributed by atoms with Crippen molar-refractivity contribution in [3.63, 3.8) is 0 Å². The second-order valence-corrected chi connectivity index (χ2v) is 6.15. The van der Waals surface area contributed by atoms with E-state index in [0.29, 0.717) is 12.0 Å². The first-order valence-corrected chi connectivity index (χ1v) is 7.37. The van der Waals surface area contributed by atoms with Crippen molar-refractivity contribution in [2.75, 3.05) is 11.4 Å². The van der Waals surface area contributed by atoms with E-state index in [2.05, 4.69) is 30.0 Å². The smallest absolute Gasteiger partial charge is 0.173 e. The summed E-state index contributed by atoms with van der Waals surface area (Å²) in [5.74, 6) is 1.70. The van der Waals surface area contributed by atoms with Crippen LogP contribution < -0.4 is 10.6 Å². The van der Waals surface area contributed by atoms with Gasteiger partial charge in [0.1, 0.15) is 5.82 Å².